The highest BCUT2D eigenvalue weighted by Crippen LogP contribution is 2.35. The molecule has 1 aliphatic rings. The van der Waals surface area contributed by atoms with Crippen molar-refractivity contribution in [1.82, 2.24) is 0 Å². The third-order valence-corrected chi connectivity index (χ3v) is 3.17. The number of ether oxygens (including phenoxy) is 1. The summed E-state index contributed by atoms with van der Waals surface area (Å²) >= 11 is 3.34. The summed E-state index contributed by atoms with van der Waals surface area (Å²) in [6, 6.07) is 7.32. The van der Waals surface area contributed by atoms with E-state index in [0.29, 0.717) is 6.42 Å². The summed E-state index contributed by atoms with van der Waals surface area (Å²) in [5.41, 5.74) is 5.18. The van der Waals surface area contributed by atoms with E-state index >= 15 is 0 Å². The van der Waals surface area contributed by atoms with Crippen molar-refractivity contribution in [2.45, 2.75) is 18.9 Å². The van der Waals surface area contributed by atoms with Crippen molar-refractivity contribution in [1.29, 1.82) is 0 Å². The maximum absolute atomic E-state index is 11.8. The van der Waals surface area contributed by atoms with Gasteiger partial charge >= 0.3 is 0 Å². The molecule has 84 valence electrons. The van der Waals surface area contributed by atoms with Crippen LogP contribution in [0.5, 0.6) is 0 Å². The Bertz CT molecular complexity index is 456. The molecule has 0 saturated carbocycles. The number of hydrogen-bond acceptors (Lipinski definition) is 3. The predicted molar refractivity (Wildman–Crippen MR) is 63.8 cm³/mol. The van der Waals surface area contributed by atoms with Crippen LogP contribution >= 0.6 is 15.9 Å². The van der Waals surface area contributed by atoms with Gasteiger partial charge in [0.05, 0.1) is 0 Å². The number of amidine groups is 1. The maximum Gasteiger partial charge on any atom is 0.299 e. The molecule has 1 atom stereocenters. The number of nitrogens with zero attached hydrogens (tertiary/aromatic N) is 1. The van der Waals surface area contributed by atoms with E-state index in [-0.39, 0.29) is 11.9 Å². The maximum atomic E-state index is 11.8. The molecule has 1 aliphatic heterocycles. The number of aliphatic imine (C=N–C) groups is 1. The molecule has 0 bridgehead atoms. The summed E-state index contributed by atoms with van der Waals surface area (Å²) in [6.45, 7) is 1.87. The number of nitrogens with two attached hydrogens (primary N) is 1. The van der Waals surface area contributed by atoms with Gasteiger partial charge in [-0.25, -0.2) is 0 Å². The first kappa shape index (κ1) is 11.1. The number of carbonyl (C=O) groups is 1. The van der Waals surface area contributed by atoms with Crippen molar-refractivity contribution in [2.75, 3.05) is 0 Å². The molecule has 5 heteroatoms. The molecule has 2 rings (SSSR count). The zero-order valence-electron chi connectivity index (χ0n) is 8.74. The summed E-state index contributed by atoms with van der Waals surface area (Å²) in [6.07, 6.45) is 0.498. The van der Waals surface area contributed by atoms with Gasteiger partial charge in [-0.2, -0.15) is 4.99 Å². The number of benzene rings is 1. The van der Waals surface area contributed by atoms with Crippen LogP contribution in [0.15, 0.2) is 33.7 Å². The fourth-order valence-electron chi connectivity index (χ4n) is 1.76. The van der Waals surface area contributed by atoms with Crippen molar-refractivity contribution >= 4 is 27.9 Å². The highest BCUT2D eigenvalue weighted by atomic mass is 79.9. The molecule has 1 aromatic rings. The molecule has 0 spiro atoms. The largest absolute Gasteiger partial charge is 0.443 e. The van der Waals surface area contributed by atoms with E-state index in [2.05, 4.69) is 20.9 Å². The molecule has 2 N–H and O–H groups in total. The standard InChI is InChI=1S/C11H11BrN2O2/c1-2-11(9(15)14-10(13)16-11)7-3-5-8(12)6-4-7/h3-6H,2H2,1H3,(H2,13,14,15). The van der Waals surface area contributed by atoms with Crippen LogP contribution in [0, 0.1) is 0 Å². The van der Waals surface area contributed by atoms with Gasteiger partial charge in [0, 0.05) is 10.0 Å². The number of rotatable bonds is 2. The van der Waals surface area contributed by atoms with Gasteiger partial charge in [-0.05, 0) is 18.6 Å². The van der Waals surface area contributed by atoms with Crippen molar-refractivity contribution < 1.29 is 9.53 Å². The van der Waals surface area contributed by atoms with Crippen LogP contribution < -0.4 is 5.73 Å². The van der Waals surface area contributed by atoms with E-state index in [9.17, 15) is 4.79 Å². The van der Waals surface area contributed by atoms with Gasteiger partial charge in [-0.15, -0.1) is 0 Å². The molecule has 0 aliphatic carbocycles. The average molecular weight is 283 g/mol. The third-order valence-electron chi connectivity index (χ3n) is 2.64. The molecular formula is C11H11BrN2O2. The van der Waals surface area contributed by atoms with Crippen molar-refractivity contribution in [3.8, 4) is 0 Å². The van der Waals surface area contributed by atoms with E-state index in [0.717, 1.165) is 10.0 Å². The Morgan fingerprint density at radius 1 is 1.44 bits per heavy atom. The van der Waals surface area contributed by atoms with Crippen LogP contribution in [-0.2, 0) is 15.1 Å². The van der Waals surface area contributed by atoms with Crippen LogP contribution in [0.25, 0.3) is 0 Å². The first-order chi connectivity index (χ1) is 7.58. The molecule has 1 unspecified atom stereocenters. The highest BCUT2D eigenvalue weighted by molar-refractivity contribution is 9.10. The fourth-order valence-corrected chi connectivity index (χ4v) is 2.03. The van der Waals surface area contributed by atoms with E-state index < -0.39 is 5.60 Å². The van der Waals surface area contributed by atoms with Gasteiger partial charge in [0.15, 0.2) is 0 Å². The average Bonchev–Trinajstić information content (AvgIpc) is 2.55. The lowest BCUT2D eigenvalue weighted by atomic mass is 9.90. The fraction of sp³-hybridized carbons (Fsp3) is 0.273. The third kappa shape index (κ3) is 1.61. The summed E-state index contributed by atoms with van der Waals surface area (Å²) < 4.78 is 6.35. The van der Waals surface area contributed by atoms with Gasteiger partial charge in [0.2, 0.25) is 5.60 Å². The van der Waals surface area contributed by atoms with Gasteiger partial charge < -0.3 is 10.5 Å². The van der Waals surface area contributed by atoms with Crippen LogP contribution in [-0.4, -0.2) is 11.9 Å². The molecular weight excluding hydrogens is 272 g/mol. The minimum Gasteiger partial charge on any atom is -0.443 e. The first-order valence-corrected chi connectivity index (χ1v) is 5.71. The van der Waals surface area contributed by atoms with E-state index in [1.54, 1.807) is 0 Å². The van der Waals surface area contributed by atoms with Gasteiger partial charge in [0.25, 0.3) is 11.9 Å². The van der Waals surface area contributed by atoms with Crippen LogP contribution in [0.4, 0.5) is 0 Å². The summed E-state index contributed by atoms with van der Waals surface area (Å²) in [5.74, 6) is -0.338. The van der Waals surface area contributed by atoms with E-state index in [1.165, 1.54) is 0 Å². The topological polar surface area (TPSA) is 64.7 Å². The molecule has 0 aromatic heterocycles. The zero-order chi connectivity index (χ0) is 11.8. The zero-order valence-corrected chi connectivity index (χ0v) is 10.3. The second-order valence-electron chi connectivity index (χ2n) is 3.54. The number of carbonyl (C=O) groups excluding carboxylic acids is 1. The molecule has 4 nitrogen and oxygen atoms in total. The van der Waals surface area contributed by atoms with Crippen LogP contribution in [0.1, 0.15) is 18.9 Å². The van der Waals surface area contributed by atoms with E-state index in [1.807, 2.05) is 31.2 Å². The smallest absolute Gasteiger partial charge is 0.299 e. The molecule has 16 heavy (non-hydrogen) atoms. The molecule has 1 aromatic carbocycles. The van der Waals surface area contributed by atoms with Crippen LogP contribution in [0.3, 0.4) is 0 Å². The predicted octanol–water partition coefficient (Wildman–Crippen LogP) is 1.93. The van der Waals surface area contributed by atoms with E-state index in [4.69, 9.17) is 10.5 Å². The molecule has 0 fully saturated rings. The normalized spacial score (nSPS) is 24.1. The van der Waals surface area contributed by atoms with Gasteiger partial charge in [0.1, 0.15) is 0 Å². The van der Waals surface area contributed by atoms with Crippen LogP contribution in [0.2, 0.25) is 0 Å². The SMILES string of the molecule is CCC1(c2ccc(Br)cc2)OC(N)=NC1=O. The number of halogens is 1. The monoisotopic (exact) mass is 282 g/mol. The summed E-state index contributed by atoms with van der Waals surface area (Å²) in [7, 11) is 0. The minimum absolute atomic E-state index is 0.0604. The molecule has 0 saturated heterocycles. The first-order valence-electron chi connectivity index (χ1n) is 4.92. The Morgan fingerprint density at radius 3 is 2.50 bits per heavy atom. The summed E-state index contributed by atoms with van der Waals surface area (Å²) in [4.78, 5) is 15.5. The van der Waals surface area contributed by atoms with Gasteiger partial charge in [-0.1, -0.05) is 35.0 Å². The highest BCUT2D eigenvalue weighted by Gasteiger charge is 2.46. The van der Waals surface area contributed by atoms with Gasteiger partial charge in [-0.3, -0.25) is 4.79 Å². The Labute approximate surface area is 102 Å². The Hall–Kier alpha value is -1.36. The Morgan fingerprint density at radius 2 is 2.06 bits per heavy atom. The van der Waals surface area contributed by atoms with Crippen molar-refractivity contribution in [2.24, 2.45) is 10.7 Å². The Balaban J connectivity index is 2.44. The second-order valence-corrected chi connectivity index (χ2v) is 4.46. The molecule has 1 heterocycles. The quantitative estimate of drug-likeness (QED) is 0.901. The number of amides is 1. The number of hydrogen-bond donors (Lipinski definition) is 1. The van der Waals surface area contributed by atoms with Crippen molar-refractivity contribution in [3.63, 3.8) is 0 Å². The lowest BCUT2D eigenvalue weighted by molar-refractivity contribution is -0.131. The second kappa shape index (κ2) is 3.90. The Kier molecular flexibility index (Phi) is 2.71. The lowest BCUT2D eigenvalue weighted by Crippen LogP contribution is -2.34. The minimum atomic E-state index is -1.04. The van der Waals surface area contributed by atoms with Crippen molar-refractivity contribution in [3.05, 3.63) is 34.3 Å². The lowest BCUT2D eigenvalue weighted by Gasteiger charge is -2.24. The molecule has 1 amide bonds. The molecule has 0 radical (unpaired) electrons. The summed E-state index contributed by atoms with van der Waals surface area (Å²) in [5, 5.41) is 0.